The van der Waals surface area contributed by atoms with Crippen molar-refractivity contribution in [2.75, 3.05) is 21.3 Å². The number of aromatic nitrogens is 1. The maximum atomic E-state index is 5.41. The average molecular weight is 283 g/mol. The van der Waals surface area contributed by atoms with Crippen LogP contribution in [0.25, 0.3) is 16.6 Å². The van der Waals surface area contributed by atoms with E-state index in [0.29, 0.717) is 17.2 Å². The summed E-state index contributed by atoms with van der Waals surface area (Å²) in [4.78, 5) is 0. The van der Waals surface area contributed by atoms with Gasteiger partial charge in [0.2, 0.25) is 5.75 Å². The summed E-state index contributed by atoms with van der Waals surface area (Å²) in [6, 6.07) is 14.2. The number of methoxy groups -OCH3 is 3. The molecule has 0 aliphatic rings. The molecule has 0 saturated carbocycles. The molecule has 0 radical (unpaired) electrons. The lowest BCUT2D eigenvalue weighted by Gasteiger charge is -2.15. The minimum Gasteiger partial charge on any atom is -0.493 e. The molecule has 3 aromatic rings. The van der Waals surface area contributed by atoms with E-state index in [0.717, 1.165) is 11.2 Å². The molecule has 4 heteroatoms. The molecule has 0 amide bonds. The van der Waals surface area contributed by atoms with Crippen LogP contribution in [-0.2, 0) is 0 Å². The highest BCUT2D eigenvalue weighted by molar-refractivity contribution is 5.82. The van der Waals surface area contributed by atoms with Crippen LogP contribution in [0.1, 0.15) is 0 Å². The van der Waals surface area contributed by atoms with Gasteiger partial charge in [0.25, 0.3) is 0 Å². The van der Waals surface area contributed by atoms with Gasteiger partial charge in [-0.2, -0.15) is 0 Å². The first kappa shape index (κ1) is 13.4. The molecular weight excluding hydrogens is 266 g/mol. The van der Waals surface area contributed by atoms with Gasteiger partial charge in [-0.25, -0.2) is 0 Å². The first-order valence-electron chi connectivity index (χ1n) is 6.65. The number of nitrogens with zero attached hydrogens (tertiary/aromatic N) is 1. The molecule has 0 spiro atoms. The fourth-order valence-corrected chi connectivity index (χ4v) is 2.51. The van der Waals surface area contributed by atoms with Crippen molar-refractivity contribution in [2.24, 2.45) is 0 Å². The van der Waals surface area contributed by atoms with Crippen LogP contribution in [0.2, 0.25) is 0 Å². The van der Waals surface area contributed by atoms with E-state index in [1.54, 1.807) is 21.3 Å². The molecule has 0 unspecified atom stereocenters. The second-order valence-corrected chi connectivity index (χ2v) is 4.63. The maximum absolute atomic E-state index is 5.41. The highest BCUT2D eigenvalue weighted by Gasteiger charge is 2.14. The summed E-state index contributed by atoms with van der Waals surface area (Å²) >= 11 is 0. The van der Waals surface area contributed by atoms with Gasteiger partial charge in [-0.3, -0.25) is 0 Å². The summed E-state index contributed by atoms with van der Waals surface area (Å²) in [6.07, 6.45) is 2.03. The van der Waals surface area contributed by atoms with Gasteiger partial charge in [0.1, 0.15) is 0 Å². The van der Waals surface area contributed by atoms with Crippen LogP contribution in [0.5, 0.6) is 17.2 Å². The van der Waals surface area contributed by atoms with Crippen molar-refractivity contribution in [1.82, 2.24) is 4.57 Å². The Kier molecular flexibility index (Phi) is 3.44. The number of fused-ring (bicyclic) bond motifs is 1. The zero-order valence-electron chi connectivity index (χ0n) is 12.3. The minimum absolute atomic E-state index is 0.597. The van der Waals surface area contributed by atoms with E-state index in [9.17, 15) is 0 Å². The Balaban J connectivity index is 2.23. The van der Waals surface area contributed by atoms with Gasteiger partial charge in [0.15, 0.2) is 11.5 Å². The molecule has 3 rings (SSSR count). The second kappa shape index (κ2) is 5.40. The Morgan fingerprint density at radius 1 is 0.810 bits per heavy atom. The van der Waals surface area contributed by atoms with Gasteiger partial charge in [-0.1, -0.05) is 18.2 Å². The highest BCUT2D eigenvalue weighted by Crippen LogP contribution is 2.39. The van der Waals surface area contributed by atoms with Gasteiger partial charge < -0.3 is 18.8 Å². The molecule has 0 fully saturated rings. The van der Waals surface area contributed by atoms with Crippen LogP contribution in [0, 0.1) is 0 Å². The third kappa shape index (κ3) is 2.18. The van der Waals surface area contributed by atoms with Crippen molar-refractivity contribution in [1.29, 1.82) is 0 Å². The summed E-state index contributed by atoms with van der Waals surface area (Å²) in [6.45, 7) is 0. The normalized spacial score (nSPS) is 10.6. The summed E-state index contributed by atoms with van der Waals surface area (Å²) in [5, 5.41) is 1.19. The SMILES string of the molecule is COc1cc(-n2ccc3ccccc32)cc(OC)c1OC. The number of hydrogen-bond acceptors (Lipinski definition) is 3. The zero-order valence-corrected chi connectivity index (χ0v) is 12.3. The van der Waals surface area contributed by atoms with Crippen LogP contribution in [0.15, 0.2) is 48.7 Å². The lowest BCUT2D eigenvalue weighted by molar-refractivity contribution is 0.324. The molecule has 4 nitrogen and oxygen atoms in total. The van der Waals surface area contributed by atoms with Crippen molar-refractivity contribution < 1.29 is 14.2 Å². The van der Waals surface area contributed by atoms with E-state index in [2.05, 4.69) is 22.8 Å². The molecule has 0 aliphatic carbocycles. The van der Waals surface area contributed by atoms with Crippen LogP contribution in [0.3, 0.4) is 0 Å². The van der Waals surface area contributed by atoms with E-state index in [-0.39, 0.29) is 0 Å². The predicted octanol–water partition coefficient (Wildman–Crippen LogP) is 3.66. The molecule has 0 atom stereocenters. The van der Waals surface area contributed by atoms with Gasteiger partial charge in [0, 0.05) is 18.3 Å². The van der Waals surface area contributed by atoms with Crippen LogP contribution < -0.4 is 14.2 Å². The first-order chi connectivity index (χ1) is 10.3. The molecule has 0 bridgehead atoms. The Morgan fingerprint density at radius 2 is 1.48 bits per heavy atom. The van der Waals surface area contributed by atoms with E-state index in [1.807, 2.05) is 30.5 Å². The zero-order chi connectivity index (χ0) is 14.8. The number of ether oxygens (including phenoxy) is 3. The lowest BCUT2D eigenvalue weighted by atomic mass is 10.2. The number of rotatable bonds is 4. The predicted molar refractivity (Wildman–Crippen MR) is 82.9 cm³/mol. The number of hydrogen-bond donors (Lipinski definition) is 0. The quantitative estimate of drug-likeness (QED) is 0.732. The van der Waals surface area contributed by atoms with Crippen LogP contribution >= 0.6 is 0 Å². The van der Waals surface area contributed by atoms with Crippen LogP contribution in [0.4, 0.5) is 0 Å². The van der Waals surface area contributed by atoms with Gasteiger partial charge >= 0.3 is 0 Å². The molecule has 1 aromatic heterocycles. The number of benzene rings is 2. The lowest BCUT2D eigenvalue weighted by Crippen LogP contribution is -1.99. The number of para-hydroxylation sites is 1. The monoisotopic (exact) mass is 283 g/mol. The van der Waals surface area contributed by atoms with Crippen molar-refractivity contribution in [3.05, 3.63) is 48.7 Å². The second-order valence-electron chi connectivity index (χ2n) is 4.63. The Hall–Kier alpha value is -2.62. The van der Waals surface area contributed by atoms with E-state index < -0.39 is 0 Å². The fourth-order valence-electron chi connectivity index (χ4n) is 2.51. The molecule has 108 valence electrons. The maximum Gasteiger partial charge on any atom is 0.203 e. The van der Waals surface area contributed by atoms with Gasteiger partial charge in [0.05, 0.1) is 32.5 Å². The average Bonchev–Trinajstić information content (AvgIpc) is 2.97. The first-order valence-corrected chi connectivity index (χ1v) is 6.65. The molecule has 0 saturated heterocycles. The molecule has 1 heterocycles. The van der Waals surface area contributed by atoms with Crippen molar-refractivity contribution in [2.45, 2.75) is 0 Å². The van der Waals surface area contributed by atoms with Crippen LogP contribution in [-0.4, -0.2) is 25.9 Å². The summed E-state index contributed by atoms with van der Waals surface area (Å²) in [7, 11) is 4.84. The largest absolute Gasteiger partial charge is 0.493 e. The summed E-state index contributed by atoms with van der Waals surface area (Å²) in [5.74, 6) is 1.88. The molecular formula is C17H17NO3. The Labute approximate surface area is 123 Å². The third-order valence-corrected chi connectivity index (χ3v) is 3.53. The van der Waals surface area contributed by atoms with Crippen molar-refractivity contribution in [3.8, 4) is 22.9 Å². The smallest absolute Gasteiger partial charge is 0.203 e. The highest BCUT2D eigenvalue weighted by atomic mass is 16.5. The van der Waals surface area contributed by atoms with E-state index in [4.69, 9.17) is 14.2 Å². The van der Waals surface area contributed by atoms with E-state index in [1.165, 1.54) is 5.39 Å². The molecule has 21 heavy (non-hydrogen) atoms. The molecule has 0 N–H and O–H groups in total. The summed E-state index contributed by atoms with van der Waals surface area (Å²) < 4.78 is 18.3. The van der Waals surface area contributed by atoms with E-state index >= 15 is 0 Å². The fraction of sp³-hybridized carbons (Fsp3) is 0.176. The Morgan fingerprint density at radius 3 is 2.10 bits per heavy atom. The van der Waals surface area contributed by atoms with Crippen molar-refractivity contribution in [3.63, 3.8) is 0 Å². The van der Waals surface area contributed by atoms with Gasteiger partial charge in [-0.15, -0.1) is 0 Å². The topological polar surface area (TPSA) is 32.6 Å². The standard InChI is InChI=1S/C17H17NO3/c1-19-15-10-13(11-16(20-2)17(15)21-3)18-9-8-12-6-4-5-7-14(12)18/h4-11H,1-3H3. The molecule has 0 aliphatic heterocycles. The minimum atomic E-state index is 0.597. The third-order valence-electron chi connectivity index (χ3n) is 3.53. The van der Waals surface area contributed by atoms with Gasteiger partial charge in [-0.05, 0) is 17.5 Å². The van der Waals surface area contributed by atoms with Crippen molar-refractivity contribution >= 4 is 10.9 Å². The Bertz CT molecular complexity index is 752. The molecule has 2 aromatic carbocycles. The summed E-state index contributed by atoms with van der Waals surface area (Å²) in [5.41, 5.74) is 2.09.